The minimum absolute atomic E-state index is 0. The second-order valence-corrected chi connectivity index (χ2v) is 9.76. The Kier molecular flexibility index (Phi) is 13.4. The Bertz CT molecular complexity index is 1090. The summed E-state index contributed by atoms with van der Waals surface area (Å²) in [5, 5.41) is 23.1. The first-order valence-corrected chi connectivity index (χ1v) is 13.0. The van der Waals surface area contributed by atoms with Gasteiger partial charge in [0.1, 0.15) is 5.75 Å². The van der Waals surface area contributed by atoms with Crippen molar-refractivity contribution in [3.05, 3.63) is 99.5 Å². The van der Waals surface area contributed by atoms with E-state index < -0.39 is 18.2 Å². The zero-order chi connectivity index (χ0) is 26.8. The Morgan fingerprint density at radius 2 is 1.42 bits per heavy atom. The van der Waals surface area contributed by atoms with E-state index in [1.165, 1.54) is 0 Å². The molecule has 38 heavy (non-hydrogen) atoms. The lowest BCUT2D eigenvalue weighted by molar-refractivity contribution is -0.145. The average Bonchev–Trinajstić information content (AvgIpc) is 2.88. The molecule has 0 aliphatic carbocycles. The smallest absolute Gasteiger partial charge is 0.344 e. The van der Waals surface area contributed by atoms with Crippen LogP contribution in [0, 0.1) is 0 Å². The lowest BCUT2D eigenvalue weighted by Gasteiger charge is -2.33. The van der Waals surface area contributed by atoms with Gasteiger partial charge in [0.15, 0.2) is 6.61 Å². The van der Waals surface area contributed by atoms with E-state index in [0.717, 1.165) is 5.56 Å². The third-order valence-corrected chi connectivity index (χ3v) is 6.49. The van der Waals surface area contributed by atoms with E-state index in [-0.39, 0.29) is 25.1 Å². The van der Waals surface area contributed by atoms with Crippen LogP contribution < -0.4 is 4.74 Å². The van der Waals surface area contributed by atoms with Crippen LogP contribution in [0.25, 0.3) is 0 Å². The van der Waals surface area contributed by atoms with Gasteiger partial charge in [-0.25, -0.2) is 4.79 Å². The zero-order valence-electron chi connectivity index (χ0n) is 21.4. The number of rotatable bonds is 13. The predicted molar refractivity (Wildman–Crippen MR) is 153 cm³/mol. The van der Waals surface area contributed by atoms with E-state index in [2.05, 4.69) is 11.8 Å². The van der Waals surface area contributed by atoms with Crippen molar-refractivity contribution in [2.75, 3.05) is 26.3 Å². The number of halogens is 3. The quantitative estimate of drug-likeness (QED) is 0.239. The van der Waals surface area contributed by atoms with Gasteiger partial charge in [-0.15, -0.1) is 12.4 Å². The highest BCUT2D eigenvalue weighted by Gasteiger charge is 2.23. The third-order valence-electron chi connectivity index (χ3n) is 6.02. The molecular weight excluding hydrogens is 549 g/mol. The van der Waals surface area contributed by atoms with Gasteiger partial charge in [0, 0.05) is 29.2 Å². The number of benzene rings is 3. The Morgan fingerprint density at radius 3 is 1.89 bits per heavy atom. The molecule has 0 aliphatic rings. The van der Waals surface area contributed by atoms with Gasteiger partial charge < -0.3 is 19.7 Å². The van der Waals surface area contributed by atoms with Crippen molar-refractivity contribution in [1.82, 2.24) is 4.90 Å². The lowest BCUT2D eigenvalue weighted by atomic mass is 10.0. The summed E-state index contributed by atoms with van der Waals surface area (Å²) in [6.45, 7) is 4.59. The zero-order valence-corrected chi connectivity index (χ0v) is 23.8. The van der Waals surface area contributed by atoms with Crippen LogP contribution in [0.4, 0.5) is 0 Å². The maximum absolute atomic E-state index is 11.5. The summed E-state index contributed by atoms with van der Waals surface area (Å²) in [4.78, 5) is 13.6. The molecule has 0 saturated carbocycles. The van der Waals surface area contributed by atoms with E-state index in [4.69, 9.17) is 32.7 Å². The molecule has 9 heteroatoms. The molecule has 3 aromatic carbocycles. The number of aliphatic hydroxyl groups is 2. The summed E-state index contributed by atoms with van der Waals surface area (Å²) in [5.41, 5.74) is 2.48. The van der Waals surface area contributed by atoms with E-state index >= 15 is 0 Å². The summed E-state index contributed by atoms with van der Waals surface area (Å²) in [5.74, 6) is 0.168. The van der Waals surface area contributed by atoms with E-state index in [1.54, 1.807) is 43.3 Å². The summed E-state index contributed by atoms with van der Waals surface area (Å²) < 4.78 is 10.4. The van der Waals surface area contributed by atoms with E-state index in [1.807, 2.05) is 36.4 Å². The fourth-order valence-electron chi connectivity index (χ4n) is 4.05. The van der Waals surface area contributed by atoms with Gasteiger partial charge in [-0.2, -0.15) is 0 Å². The molecule has 3 atom stereocenters. The number of nitrogens with zero attached hydrogens (tertiary/aromatic N) is 1. The van der Waals surface area contributed by atoms with Gasteiger partial charge in [-0.1, -0.05) is 59.6 Å². The van der Waals surface area contributed by atoms with E-state index in [9.17, 15) is 15.0 Å². The standard InChI is InChI=1S/C29H33Cl2NO5.ClH/c1-3-36-29(35)19-37-26-12-10-21(11-13-26)14-20(2)32(17-27(33)22-6-4-8-24(30)15-22)18-28(34)23-7-5-9-25(31)16-23;/h4-13,15-16,20,27-28,33-34H,3,14,17-19H2,1-2H3;1H/t20-,27-,28-;/m1./s1. The fourth-order valence-corrected chi connectivity index (χ4v) is 4.45. The van der Waals surface area contributed by atoms with Crippen molar-refractivity contribution in [2.45, 2.75) is 38.5 Å². The molecule has 2 N–H and O–H groups in total. The predicted octanol–water partition coefficient (Wildman–Crippen LogP) is 6.06. The summed E-state index contributed by atoms with van der Waals surface area (Å²) in [6, 6.07) is 21.8. The van der Waals surface area contributed by atoms with Gasteiger partial charge in [-0.05, 0) is 73.4 Å². The number of carbonyl (C=O) groups is 1. The van der Waals surface area contributed by atoms with Gasteiger partial charge in [0.25, 0.3) is 0 Å². The molecule has 0 radical (unpaired) electrons. The molecule has 0 spiro atoms. The van der Waals surface area contributed by atoms with Crippen LogP contribution in [-0.4, -0.2) is 53.4 Å². The molecule has 0 saturated heterocycles. The van der Waals surface area contributed by atoms with Crippen LogP contribution in [0.1, 0.15) is 42.7 Å². The van der Waals surface area contributed by atoms with Crippen LogP contribution in [-0.2, 0) is 16.0 Å². The van der Waals surface area contributed by atoms with Crippen molar-refractivity contribution >= 4 is 41.6 Å². The lowest BCUT2D eigenvalue weighted by Crippen LogP contribution is -2.40. The topological polar surface area (TPSA) is 79.2 Å². The van der Waals surface area contributed by atoms with Gasteiger partial charge in [-0.3, -0.25) is 4.90 Å². The van der Waals surface area contributed by atoms with Crippen molar-refractivity contribution < 1.29 is 24.5 Å². The molecule has 0 aromatic heterocycles. The van der Waals surface area contributed by atoms with Crippen molar-refractivity contribution in [1.29, 1.82) is 0 Å². The maximum atomic E-state index is 11.5. The summed E-state index contributed by atoms with van der Waals surface area (Å²) >= 11 is 12.3. The first-order valence-electron chi connectivity index (χ1n) is 12.2. The number of esters is 1. The first-order chi connectivity index (χ1) is 17.7. The Morgan fingerprint density at radius 1 is 0.895 bits per heavy atom. The second-order valence-electron chi connectivity index (χ2n) is 8.89. The summed E-state index contributed by atoms with van der Waals surface area (Å²) in [6.07, 6.45) is -0.902. The molecule has 0 fully saturated rings. The molecule has 3 rings (SSSR count). The van der Waals surface area contributed by atoms with Crippen LogP contribution in [0.3, 0.4) is 0 Å². The Balaban J connectivity index is 0.00000507. The van der Waals surface area contributed by atoms with E-state index in [0.29, 0.717) is 53.0 Å². The second kappa shape index (κ2) is 15.9. The third kappa shape index (κ3) is 10.1. The van der Waals surface area contributed by atoms with Gasteiger partial charge in [0.05, 0.1) is 18.8 Å². The number of hydrogen-bond donors (Lipinski definition) is 2. The van der Waals surface area contributed by atoms with Gasteiger partial charge >= 0.3 is 5.97 Å². The SMILES string of the molecule is CCOC(=O)COc1ccc(C[C@@H](C)N(C[C@@H](O)c2cccc(Cl)c2)C[C@@H](O)c2cccc(Cl)c2)cc1.Cl. The molecule has 0 unspecified atom stereocenters. The highest BCUT2D eigenvalue weighted by atomic mass is 35.5. The Labute approximate surface area is 240 Å². The van der Waals surface area contributed by atoms with Crippen molar-refractivity contribution in [3.63, 3.8) is 0 Å². The molecule has 6 nitrogen and oxygen atoms in total. The number of hydrogen-bond acceptors (Lipinski definition) is 6. The van der Waals surface area contributed by atoms with Gasteiger partial charge in [0.2, 0.25) is 0 Å². The molecule has 0 heterocycles. The summed E-state index contributed by atoms with van der Waals surface area (Å²) in [7, 11) is 0. The molecular formula is C29H34Cl3NO5. The van der Waals surface area contributed by atoms with Crippen LogP contribution in [0.2, 0.25) is 10.0 Å². The minimum Gasteiger partial charge on any atom is -0.482 e. The molecule has 3 aromatic rings. The Hall–Kier alpha value is -2.32. The normalized spacial score (nSPS) is 13.3. The van der Waals surface area contributed by atoms with Crippen LogP contribution in [0.15, 0.2) is 72.8 Å². The number of aliphatic hydroxyl groups excluding tert-OH is 2. The largest absolute Gasteiger partial charge is 0.482 e. The van der Waals surface area contributed by atoms with Crippen LogP contribution in [0.5, 0.6) is 5.75 Å². The van der Waals surface area contributed by atoms with Crippen LogP contribution >= 0.6 is 35.6 Å². The first kappa shape index (κ1) is 31.9. The molecule has 0 aliphatic heterocycles. The molecule has 0 amide bonds. The van der Waals surface area contributed by atoms with Crippen molar-refractivity contribution in [2.24, 2.45) is 0 Å². The fraction of sp³-hybridized carbons (Fsp3) is 0.345. The minimum atomic E-state index is -0.786. The highest BCUT2D eigenvalue weighted by molar-refractivity contribution is 6.30. The molecule has 206 valence electrons. The molecule has 0 bridgehead atoms. The monoisotopic (exact) mass is 581 g/mol. The number of carbonyl (C=O) groups excluding carboxylic acids is 1. The number of ether oxygens (including phenoxy) is 2. The van der Waals surface area contributed by atoms with Crippen molar-refractivity contribution in [3.8, 4) is 5.75 Å². The average molecular weight is 583 g/mol. The maximum Gasteiger partial charge on any atom is 0.344 e. The highest BCUT2D eigenvalue weighted by Crippen LogP contribution is 2.24.